The molecule has 0 radical (unpaired) electrons. The molecule has 2 N–H and O–H groups in total. The fourth-order valence-corrected chi connectivity index (χ4v) is 7.26. The Hall–Kier alpha value is -5.76. The highest BCUT2D eigenvalue weighted by atomic mass is 15.0. The Morgan fingerprint density at radius 1 is 0.674 bits per heavy atom. The minimum absolute atomic E-state index is 0.307. The zero-order valence-corrected chi connectivity index (χ0v) is 25.4. The molecule has 2 aliphatic rings. The second kappa shape index (κ2) is 10.1. The molecule has 4 nitrogen and oxygen atoms in total. The van der Waals surface area contributed by atoms with E-state index in [-0.39, 0.29) is 0 Å². The molecule has 9 rings (SSSR count). The third-order valence-corrected chi connectivity index (χ3v) is 9.81. The van der Waals surface area contributed by atoms with E-state index in [1.165, 1.54) is 27.4 Å². The summed E-state index contributed by atoms with van der Waals surface area (Å²) in [6, 6.07) is 45.8. The molecule has 1 fully saturated rings. The molecule has 46 heavy (non-hydrogen) atoms. The zero-order chi connectivity index (χ0) is 30.9. The average Bonchev–Trinajstić information content (AvgIpc) is 3.55. The third-order valence-electron chi connectivity index (χ3n) is 9.81. The van der Waals surface area contributed by atoms with Crippen LogP contribution in [-0.2, 0) is 0 Å². The van der Waals surface area contributed by atoms with Gasteiger partial charge >= 0.3 is 0 Å². The molecular formula is C42H30N4. The lowest BCUT2D eigenvalue weighted by Crippen LogP contribution is -2.34. The summed E-state index contributed by atoms with van der Waals surface area (Å²) in [5, 5.41) is 24.7. The van der Waals surface area contributed by atoms with E-state index in [2.05, 4.69) is 132 Å². The second-order valence-electron chi connectivity index (χ2n) is 12.6. The first kappa shape index (κ1) is 26.6. The minimum atomic E-state index is 0.307. The van der Waals surface area contributed by atoms with Gasteiger partial charge in [-0.05, 0) is 119 Å². The SMILES string of the molecule is Cc1ccc(-n2c3ccccc3c3cc(-c4ccc5c(c4)-c4cc(-c6cc(C#N)cc(C7CCN7)c6)ccc4C5=N)ccc32)cc1. The number of aromatic nitrogens is 1. The van der Waals surface area contributed by atoms with Crippen LogP contribution in [0, 0.1) is 23.7 Å². The molecule has 6 aromatic carbocycles. The van der Waals surface area contributed by atoms with Crippen LogP contribution in [0.2, 0.25) is 0 Å². The van der Waals surface area contributed by atoms with Crippen molar-refractivity contribution in [1.82, 2.24) is 9.88 Å². The van der Waals surface area contributed by atoms with Crippen molar-refractivity contribution in [2.24, 2.45) is 0 Å². The topological polar surface area (TPSA) is 64.6 Å². The fourth-order valence-electron chi connectivity index (χ4n) is 7.26. The number of rotatable bonds is 4. The number of hydrogen-bond donors (Lipinski definition) is 2. The van der Waals surface area contributed by atoms with Crippen molar-refractivity contribution >= 4 is 27.5 Å². The van der Waals surface area contributed by atoms with Crippen LogP contribution in [0.4, 0.5) is 0 Å². The maximum absolute atomic E-state index is 9.76. The van der Waals surface area contributed by atoms with Crippen molar-refractivity contribution in [1.29, 1.82) is 10.7 Å². The summed E-state index contributed by atoms with van der Waals surface area (Å²) in [4.78, 5) is 0. The van der Waals surface area contributed by atoms with Crippen LogP contribution in [0.15, 0.2) is 121 Å². The van der Waals surface area contributed by atoms with Gasteiger partial charge in [0.2, 0.25) is 0 Å². The van der Waals surface area contributed by atoms with Gasteiger partial charge in [0, 0.05) is 33.6 Å². The fraction of sp³-hybridized carbons (Fsp3) is 0.0952. The van der Waals surface area contributed by atoms with Gasteiger partial charge in [-0.3, -0.25) is 5.41 Å². The molecule has 1 saturated heterocycles. The average molecular weight is 591 g/mol. The smallest absolute Gasteiger partial charge is 0.0991 e. The minimum Gasteiger partial charge on any atom is -0.310 e. The summed E-state index contributed by atoms with van der Waals surface area (Å²) in [7, 11) is 0. The highest BCUT2D eigenvalue weighted by molar-refractivity contribution is 6.23. The Balaban J connectivity index is 1.16. The van der Waals surface area contributed by atoms with Gasteiger partial charge in [0.15, 0.2) is 0 Å². The van der Waals surface area contributed by atoms with Crippen molar-refractivity contribution in [3.05, 3.63) is 149 Å². The molecular weight excluding hydrogens is 560 g/mol. The van der Waals surface area contributed by atoms with E-state index in [1.807, 2.05) is 12.1 Å². The molecule has 218 valence electrons. The van der Waals surface area contributed by atoms with Gasteiger partial charge in [-0.1, -0.05) is 66.2 Å². The number of hydrogen-bond acceptors (Lipinski definition) is 3. The Bertz CT molecular complexity index is 2430. The third kappa shape index (κ3) is 4.06. The van der Waals surface area contributed by atoms with E-state index in [9.17, 15) is 5.26 Å². The monoisotopic (exact) mass is 590 g/mol. The number of benzene rings is 6. The van der Waals surface area contributed by atoms with E-state index in [4.69, 9.17) is 5.41 Å². The molecule has 1 unspecified atom stereocenters. The molecule has 1 atom stereocenters. The lowest BCUT2D eigenvalue weighted by Gasteiger charge is -2.28. The molecule has 7 aromatic rings. The molecule has 0 amide bonds. The van der Waals surface area contributed by atoms with Crippen LogP contribution in [0.5, 0.6) is 0 Å². The summed E-state index contributed by atoms with van der Waals surface area (Å²) >= 11 is 0. The maximum atomic E-state index is 9.76. The first-order valence-corrected chi connectivity index (χ1v) is 15.8. The van der Waals surface area contributed by atoms with Gasteiger partial charge in [0.1, 0.15) is 0 Å². The lowest BCUT2D eigenvalue weighted by atomic mass is 9.91. The van der Waals surface area contributed by atoms with Crippen molar-refractivity contribution in [3.63, 3.8) is 0 Å². The van der Waals surface area contributed by atoms with Crippen molar-refractivity contribution in [3.8, 4) is 45.1 Å². The standard InChI is InChI=1S/C42H30N4/c1-25-6-11-32(12-7-25)46-40-5-3-2-4-33(40)38-23-28(10-15-41(38)46)27-8-13-34-36(21-27)37-22-29(9-14-35(37)42(34)44)30-18-26(24-43)19-31(20-30)39-16-17-45-39/h2-15,18-23,39,44-45H,16-17H2,1H3. The summed E-state index contributed by atoms with van der Waals surface area (Å²) < 4.78 is 2.35. The second-order valence-corrected chi connectivity index (χ2v) is 12.6. The number of nitrogens with one attached hydrogen (secondary N) is 2. The van der Waals surface area contributed by atoms with E-state index < -0.39 is 0 Å². The zero-order valence-electron chi connectivity index (χ0n) is 25.4. The van der Waals surface area contributed by atoms with E-state index >= 15 is 0 Å². The summed E-state index contributed by atoms with van der Waals surface area (Å²) in [5.74, 6) is 0. The normalized spacial score (nSPS) is 15.0. The van der Waals surface area contributed by atoms with E-state index in [1.54, 1.807) is 0 Å². The van der Waals surface area contributed by atoms with Gasteiger partial charge in [-0.25, -0.2) is 0 Å². The highest BCUT2D eigenvalue weighted by Crippen LogP contribution is 2.42. The molecule has 0 saturated carbocycles. The molecule has 4 heteroatoms. The lowest BCUT2D eigenvalue weighted by molar-refractivity contribution is 0.383. The van der Waals surface area contributed by atoms with Crippen molar-refractivity contribution < 1.29 is 0 Å². The molecule has 1 aliphatic carbocycles. The van der Waals surface area contributed by atoms with Crippen LogP contribution in [-0.4, -0.2) is 16.8 Å². The Labute approximate surface area is 267 Å². The Morgan fingerprint density at radius 2 is 1.33 bits per heavy atom. The van der Waals surface area contributed by atoms with Gasteiger partial charge in [0.05, 0.1) is 28.4 Å². The predicted molar refractivity (Wildman–Crippen MR) is 188 cm³/mol. The van der Waals surface area contributed by atoms with Crippen LogP contribution in [0.25, 0.3) is 60.9 Å². The van der Waals surface area contributed by atoms with E-state index in [0.717, 1.165) is 68.7 Å². The van der Waals surface area contributed by atoms with Gasteiger partial charge in [0.25, 0.3) is 0 Å². The number of para-hydroxylation sites is 1. The van der Waals surface area contributed by atoms with Gasteiger partial charge < -0.3 is 9.88 Å². The number of nitrogens with zero attached hydrogens (tertiary/aromatic N) is 2. The van der Waals surface area contributed by atoms with Gasteiger partial charge in [-0.2, -0.15) is 5.26 Å². The van der Waals surface area contributed by atoms with Crippen LogP contribution in [0.1, 0.15) is 40.3 Å². The first-order chi connectivity index (χ1) is 22.6. The van der Waals surface area contributed by atoms with E-state index in [0.29, 0.717) is 17.3 Å². The molecule has 0 bridgehead atoms. The number of nitriles is 1. The summed E-state index contributed by atoms with van der Waals surface area (Å²) in [6.07, 6.45) is 1.09. The largest absolute Gasteiger partial charge is 0.310 e. The number of fused-ring (bicyclic) bond motifs is 6. The molecule has 2 heterocycles. The summed E-state index contributed by atoms with van der Waals surface area (Å²) in [6.45, 7) is 3.13. The molecule has 1 aliphatic heterocycles. The van der Waals surface area contributed by atoms with Gasteiger partial charge in [-0.15, -0.1) is 0 Å². The first-order valence-electron chi connectivity index (χ1n) is 15.8. The Morgan fingerprint density at radius 3 is 2.02 bits per heavy atom. The Kier molecular flexibility index (Phi) is 5.87. The summed E-state index contributed by atoms with van der Waals surface area (Å²) in [5.41, 5.74) is 15.6. The van der Waals surface area contributed by atoms with Crippen molar-refractivity contribution in [2.45, 2.75) is 19.4 Å². The molecule has 1 aromatic heterocycles. The predicted octanol–water partition coefficient (Wildman–Crippen LogP) is 9.73. The molecule has 0 spiro atoms. The van der Waals surface area contributed by atoms with Crippen molar-refractivity contribution in [2.75, 3.05) is 6.54 Å². The maximum Gasteiger partial charge on any atom is 0.0991 e. The number of aryl methyl sites for hydroxylation is 1. The van der Waals surface area contributed by atoms with Crippen LogP contribution in [0.3, 0.4) is 0 Å². The van der Waals surface area contributed by atoms with Crippen LogP contribution >= 0.6 is 0 Å². The quantitative estimate of drug-likeness (QED) is 0.214. The van der Waals surface area contributed by atoms with Crippen LogP contribution < -0.4 is 5.32 Å². The highest BCUT2D eigenvalue weighted by Gasteiger charge is 2.26.